The summed E-state index contributed by atoms with van der Waals surface area (Å²) in [5.41, 5.74) is 2.19. The minimum absolute atomic E-state index is 0.0969. The molecule has 0 aliphatic heterocycles. The van der Waals surface area contributed by atoms with Gasteiger partial charge in [0.2, 0.25) is 11.6 Å². The molecule has 8 nitrogen and oxygen atoms in total. The van der Waals surface area contributed by atoms with E-state index in [0.29, 0.717) is 17.9 Å². The van der Waals surface area contributed by atoms with E-state index in [1.807, 2.05) is 25.1 Å². The van der Waals surface area contributed by atoms with Crippen molar-refractivity contribution in [3.05, 3.63) is 59.7 Å². The summed E-state index contributed by atoms with van der Waals surface area (Å²) in [6.45, 7) is 4.13. The molecule has 0 spiro atoms. The van der Waals surface area contributed by atoms with Crippen molar-refractivity contribution in [2.45, 2.75) is 26.8 Å². The zero-order valence-corrected chi connectivity index (χ0v) is 15.9. The molecule has 0 aliphatic rings. The Morgan fingerprint density at radius 2 is 1.73 bits per heavy atom. The number of aryl methyl sites for hydroxylation is 2. The zero-order chi connectivity index (χ0) is 21.3. The van der Waals surface area contributed by atoms with E-state index in [1.54, 1.807) is 11.6 Å². The lowest BCUT2D eigenvalue weighted by Gasteiger charge is -2.08. The minimum Gasteiger partial charge on any atom is -0.406 e. The number of hydrogen-bond donors (Lipinski definition) is 0. The van der Waals surface area contributed by atoms with Crippen LogP contribution in [0.15, 0.2) is 47.0 Å². The normalized spacial score (nSPS) is 11.6. The molecular formula is C19H15F3N6O2. The van der Waals surface area contributed by atoms with Gasteiger partial charge in [-0.3, -0.25) is 4.98 Å². The lowest BCUT2D eigenvalue weighted by atomic mass is 10.2. The van der Waals surface area contributed by atoms with Crippen molar-refractivity contribution >= 4 is 0 Å². The van der Waals surface area contributed by atoms with Crippen LogP contribution in [0.2, 0.25) is 0 Å². The fourth-order valence-electron chi connectivity index (χ4n) is 2.74. The van der Waals surface area contributed by atoms with Gasteiger partial charge in [-0.25, -0.2) is 9.67 Å². The fraction of sp³-hybridized carbons (Fsp3) is 0.211. The van der Waals surface area contributed by atoms with Crippen LogP contribution in [0.25, 0.3) is 23.1 Å². The Morgan fingerprint density at radius 3 is 2.43 bits per heavy atom. The number of hydrogen-bond acceptors (Lipinski definition) is 7. The molecule has 4 aromatic rings. The number of nitrogens with zero attached hydrogens (tertiary/aromatic N) is 6. The number of ether oxygens (including phenoxy) is 1. The molecule has 0 saturated heterocycles. The van der Waals surface area contributed by atoms with Crippen LogP contribution in [0.3, 0.4) is 0 Å². The van der Waals surface area contributed by atoms with Crippen LogP contribution in [0.5, 0.6) is 5.75 Å². The van der Waals surface area contributed by atoms with Gasteiger partial charge in [0.1, 0.15) is 11.6 Å². The summed E-state index contributed by atoms with van der Waals surface area (Å²) in [6, 6.07) is 10.9. The first kappa shape index (κ1) is 19.6. The average molecular weight is 416 g/mol. The van der Waals surface area contributed by atoms with Gasteiger partial charge in [-0.1, -0.05) is 11.2 Å². The summed E-state index contributed by atoms with van der Waals surface area (Å²) < 4.78 is 47.5. The van der Waals surface area contributed by atoms with Crippen molar-refractivity contribution in [3.63, 3.8) is 0 Å². The summed E-state index contributed by atoms with van der Waals surface area (Å²) in [6.07, 6.45) is -4.75. The van der Waals surface area contributed by atoms with Gasteiger partial charge in [-0.05, 0) is 50.2 Å². The highest BCUT2D eigenvalue weighted by Gasteiger charge is 2.31. The second-order valence-electron chi connectivity index (χ2n) is 6.41. The van der Waals surface area contributed by atoms with Crippen LogP contribution in [-0.2, 0) is 6.54 Å². The maximum atomic E-state index is 12.3. The summed E-state index contributed by atoms with van der Waals surface area (Å²) in [5.74, 6) is 0.839. The first-order chi connectivity index (χ1) is 14.3. The van der Waals surface area contributed by atoms with Gasteiger partial charge in [0.05, 0.1) is 12.2 Å². The summed E-state index contributed by atoms with van der Waals surface area (Å²) in [4.78, 5) is 13.0. The Kier molecular flexibility index (Phi) is 4.94. The molecule has 3 aromatic heterocycles. The summed E-state index contributed by atoms with van der Waals surface area (Å²) in [7, 11) is 0. The van der Waals surface area contributed by atoms with Crippen LogP contribution >= 0.6 is 0 Å². The highest BCUT2D eigenvalue weighted by atomic mass is 19.4. The smallest absolute Gasteiger partial charge is 0.406 e. The van der Waals surface area contributed by atoms with Crippen LogP contribution in [0, 0.1) is 13.8 Å². The van der Waals surface area contributed by atoms with Crippen molar-refractivity contribution in [2.75, 3.05) is 0 Å². The molecule has 0 aliphatic carbocycles. The van der Waals surface area contributed by atoms with Crippen LogP contribution in [0.4, 0.5) is 13.2 Å². The number of pyridine rings is 1. The van der Waals surface area contributed by atoms with Gasteiger partial charge >= 0.3 is 6.36 Å². The van der Waals surface area contributed by atoms with Gasteiger partial charge in [-0.15, -0.1) is 18.3 Å². The maximum absolute atomic E-state index is 12.3. The molecule has 1 aromatic carbocycles. The molecule has 11 heteroatoms. The fourth-order valence-corrected chi connectivity index (χ4v) is 2.74. The molecule has 3 heterocycles. The lowest BCUT2D eigenvalue weighted by Crippen LogP contribution is -2.16. The highest BCUT2D eigenvalue weighted by Crippen LogP contribution is 2.26. The van der Waals surface area contributed by atoms with E-state index in [1.165, 1.54) is 24.3 Å². The second kappa shape index (κ2) is 7.58. The minimum atomic E-state index is -4.75. The quantitative estimate of drug-likeness (QED) is 0.486. The van der Waals surface area contributed by atoms with Gasteiger partial charge in [-0.2, -0.15) is 4.98 Å². The van der Waals surface area contributed by atoms with Crippen molar-refractivity contribution in [2.24, 2.45) is 0 Å². The van der Waals surface area contributed by atoms with Crippen LogP contribution < -0.4 is 4.74 Å². The Bertz CT molecular complexity index is 1170. The molecule has 4 rings (SSSR count). The molecule has 0 bridgehead atoms. The van der Waals surface area contributed by atoms with Crippen molar-refractivity contribution in [1.82, 2.24) is 29.9 Å². The molecule has 30 heavy (non-hydrogen) atoms. The topological polar surface area (TPSA) is 91.8 Å². The molecule has 0 unspecified atom stereocenters. The number of rotatable bonds is 5. The largest absolute Gasteiger partial charge is 0.573 e. The Balaban J connectivity index is 1.53. The number of halogens is 3. The molecule has 0 saturated carbocycles. The number of benzene rings is 1. The SMILES string of the molecule is Cc1cccc(Cn2nc(-c3nc(-c4ccc(OC(F)(F)F)cc4)no3)nc2C)n1. The van der Waals surface area contributed by atoms with Crippen molar-refractivity contribution in [1.29, 1.82) is 0 Å². The highest BCUT2D eigenvalue weighted by molar-refractivity contribution is 5.57. The second-order valence-corrected chi connectivity index (χ2v) is 6.41. The standard InChI is InChI=1S/C19H15F3N6O2/c1-11-4-3-5-14(23-11)10-28-12(2)24-17(26-28)18-25-16(27-30-18)13-6-8-15(9-7-13)29-19(20,21)22/h3-9H,10H2,1-2H3. The predicted molar refractivity (Wildman–Crippen MR) is 98.2 cm³/mol. The van der Waals surface area contributed by atoms with E-state index in [4.69, 9.17) is 4.52 Å². The third-order valence-corrected chi connectivity index (χ3v) is 4.08. The molecule has 0 fully saturated rings. The number of aromatic nitrogens is 6. The summed E-state index contributed by atoms with van der Waals surface area (Å²) in [5, 5.41) is 8.24. The lowest BCUT2D eigenvalue weighted by molar-refractivity contribution is -0.274. The molecule has 0 amide bonds. The molecule has 0 atom stereocenters. The Labute approximate surface area is 168 Å². The first-order valence-corrected chi connectivity index (χ1v) is 8.81. The van der Waals surface area contributed by atoms with Gasteiger partial charge < -0.3 is 9.26 Å². The predicted octanol–water partition coefficient (Wildman–Crippen LogP) is 3.95. The zero-order valence-electron chi connectivity index (χ0n) is 15.9. The van der Waals surface area contributed by atoms with E-state index in [2.05, 4.69) is 29.9 Å². The van der Waals surface area contributed by atoms with E-state index in [-0.39, 0.29) is 23.3 Å². The van der Waals surface area contributed by atoms with E-state index < -0.39 is 6.36 Å². The first-order valence-electron chi connectivity index (χ1n) is 8.81. The Hall–Kier alpha value is -3.76. The van der Waals surface area contributed by atoms with Crippen LogP contribution in [-0.4, -0.2) is 36.3 Å². The van der Waals surface area contributed by atoms with Gasteiger partial charge in [0, 0.05) is 11.3 Å². The monoisotopic (exact) mass is 416 g/mol. The molecule has 0 radical (unpaired) electrons. The number of alkyl halides is 3. The van der Waals surface area contributed by atoms with E-state index in [0.717, 1.165) is 11.4 Å². The van der Waals surface area contributed by atoms with Crippen LogP contribution in [0.1, 0.15) is 17.2 Å². The van der Waals surface area contributed by atoms with Gasteiger partial charge in [0.15, 0.2) is 0 Å². The average Bonchev–Trinajstić information content (AvgIpc) is 3.29. The van der Waals surface area contributed by atoms with Crippen molar-refractivity contribution in [3.8, 4) is 28.9 Å². The van der Waals surface area contributed by atoms with E-state index in [9.17, 15) is 13.2 Å². The van der Waals surface area contributed by atoms with Gasteiger partial charge in [0.25, 0.3) is 5.89 Å². The van der Waals surface area contributed by atoms with Crippen molar-refractivity contribution < 1.29 is 22.4 Å². The third kappa shape index (κ3) is 4.45. The third-order valence-electron chi connectivity index (χ3n) is 4.08. The van der Waals surface area contributed by atoms with E-state index >= 15 is 0 Å². The summed E-state index contributed by atoms with van der Waals surface area (Å²) >= 11 is 0. The molecule has 154 valence electrons. The molecule has 0 N–H and O–H groups in total. The Morgan fingerprint density at radius 1 is 0.967 bits per heavy atom. The maximum Gasteiger partial charge on any atom is 0.573 e. The molecular weight excluding hydrogens is 401 g/mol.